The van der Waals surface area contributed by atoms with E-state index in [4.69, 9.17) is 0 Å². The van der Waals surface area contributed by atoms with Crippen molar-refractivity contribution in [2.45, 2.75) is 83.3 Å². The standard InChI is InChI=1S/C21H25F2N3.C11H20FN/c1-15-12-17(14-24)21(20(23)13-15)25-19(10-11-26(2)3)9-6-16-4-7-18(22)8-5-16;1-3-13-10(2)11(12)8-6-4-5-7-9-11/h4-5,7-8,12-13,19,25H,6,9-11H2,1-3H3;13H,2-9H2,1H3. The van der Waals surface area contributed by atoms with Gasteiger partial charge in [-0.05, 0) is 115 Å². The number of nitrogens with one attached hydrogen (secondary N) is 2. The average Bonchev–Trinajstić information content (AvgIpc) is 3.13. The van der Waals surface area contributed by atoms with E-state index in [0.29, 0.717) is 24.1 Å². The first-order valence-electron chi connectivity index (χ1n) is 14.1. The molecule has 1 unspecified atom stereocenters. The Kier molecular flexibility index (Phi) is 13.4. The Labute approximate surface area is 233 Å². The first-order chi connectivity index (χ1) is 18.6. The average molecular weight is 543 g/mol. The topological polar surface area (TPSA) is 51.1 Å². The van der Waals surface area contributed by atoms with Gasteiger partial charge in [0.2, 0.25) is 0 Å². The van der Waals surface area contributed by atoms with E-state index in [-0.39, 0.29) is 17.5 Å². The van der Waals surface area contributed by atoms with Crippen LogP contribution in [-0.2, 0) is 6.42 Å². The first-order valence-corrected chi connectivity index (χ1v) is 14.1. The number of nitrogens with zero attached hydrogens (tertiary/aromatic N) is 2. The highest BCUT2D eigenvalue weighted by atomic mass is 19.1. The summed E-state index contributed by atoms with van der Waals surface area (Å²) in [5.41, 5.74) is 1.80. The lowest BCUT2D eigenvalue weighted by Gasteiger charge is -2.26. The van der Waals surface area contributed by atoms with Gasteiger partial charge >= 0.3 is 0 Å². The van der Waals surface area contributed by atoms with Crippen molar-refractivity contribution in [2.75, 3.05) is 32.5 Å². The van der Waals surface area contributed by atoms with Crippen molar-refractivity contribution in [2.24, 2.45) is 0 Å². The van der Waals surface area contributed by atoms with E-state index >= 15 is 0 Å². The third-order valence-corrected chi connectivity index (χ3v) is 7.15. The summed E-state index contributed by atoms with van der Waals surface area (Å²) < 4.78 is 41.7. The predicted molar refractivity (Wildman–Crippen MR) is 156 cm³/mol. The van der Waals surface area contributed by atoms with Crippen molar-refractivity contribution < 1.29 is 13.2 Å². The molecule has 0 aliphatic heterocycles. The van der Waals surface area contributed by atoms with Crippen molar-refractivity contribution in [3.63, 3.8) is 0 Å². The number of hydrogen-bond acceptors (Lipinski definition) is 4. The molecule has 2 N–H and O–H groups in total. The second-order valence-corrected chi connectivity index (χ2v) is 10.8. The molecule has 0 saturated heterocycles. The molecule has 2 aromatic rings. The maximum absolute atomic E-state index is 14.4. The summed E-state index contributed by atoms with van der Waals surface area (Å²) in [6.45, 7) is 9.15. The molecule has 0 aromatic heterocycles. The van der Waals surface area contributed by atoms with Crippen molar-refractivity contribution in [3.05, 3.63) is 77.0 Å². The normalized spacial score (nSPS) is 15.4. The van der Waals surface area contributed by atoms with Crippen LogP contribution in [0.15, 0.2) is 48.7 Å². The summed E-state index contributed by atoms with van der Waals surface area (Å²) in [4.78, 5) is 2.07. The molecule has 1 saturated carbocycles. The minimum absolute atomic E-state index is 0.00626. The first kappa shape index (κ1) is 32.2. The molecule has 4 nitrogen and oxygen atoms in total. The monoisotopic (exact) mass is 542 g/mol. The highest BCUT2D eigenvalue weighted by molar-refractivity contribution is 5.60. The lowest BCUT2D eigenvalue weighted by atomic mass is 9.93. The fraction of sp³-hybridized carbons (Fsp3) is 0.531. The van der Waals surface area contributed by atoms with Crippen LogP contribution in [0.3, 0.4) is 0 Å². The summed E-state index contributed by atoms with van der Waals surface area (Å²) in [5.74, 6) is -0.658. The molecule has 214 valence electrons. The number of aryl methyl sites for hydroxylation is 2. The van der Waals surface area contributed by atoms with Gasteiger partial charge in [0.25, 0.3) is 0 Å². The molecule has 0 heterocycles. The summed E-state index contributed by atoms with van der Waals surface area (Å²) in [6, 6.07) is 11.6. The van der Waals surface area contributed by atoms with Crippen LogP contribution in [0.2, 0.25) is 0 Å². The van der Waals surface area contributed by atoms with Crippen LogP contribution < -0.4 is 10.6 Å². The zero-order valence-electron chi connectivity index (χ0n) is 24.1. The molecule has 3 rings (SSSR count). The minimum atomic E-state index is -1.13. The van der Waals surface area contributed by atoms with E-state index in [2.05, 4.69) is 28.2 Å². The fourth-order valence-electron chi connectivity index (χ4n) is 4.84. The molecule has 0 bridgehead atoms. The number of allylic oxidation sites excluding steroid dienone is 1. The van der Waals surface area contributed by atoms with Crippen LogP contribution in [-0.4, -0.2) is 43.8 Å². The molecule has 1 atom stereocenters. The number of benzene rings is 2. The molecule has 39 heavy (non-hydrogen) atoms. The summed E-state index contributed by atoms with van der Waals surface area (Å²) >= 11 is 0. The summed E-state index contributed by atoms with van der Waals surface area (Å²) in [7, 11) is 3.98. The van der Waals surface area contributed by atoms with E-state index in [1.807, 2.05) is 21.0 Å². The van der Waals surface area contributed by atoms with Gasteiger partial charge in [0.15, 0.2) is 0 Å². The Hall–Kier alpha value is -2.98. The van der Waals surface area contributed by atoms with Crippen LogP contribution in [0, 0.1) is 29.9 Å². The molecule has 0 spiro atoms. The SMILES string of the molecule is C=C(NCC)C1(F)CCCCCC1.Cc1cc(F)c(NC(CCc2ccc(F)cc2)CCN(C)C)c(C#N)c1. The van der Waals surface area contributed by atoms with E-state index in [0.717, 1.165) is 56.3 Å². The predicted octanol–water partition coefficient (Wildman–Crippen LogP) is 7.68. The molecular weight excluding hydrogens is 497 g/mol. The maximum atomic E-state index is 14.4. The van der Waals surface area contributed by atoms with Crippen LogP contribution in [0.4, 0.5) is 18.9 Å². The Morgan fingerprint density at radius 1 is 1.08 bits per heavy atom. The molecule has 7 heteroatoms. The van der Waals surface area contributed by atoms with Gasteiger partial charge in [-0.15, -0.1) is 0 Å². The van der Waals surface area contributed by atoms with Gasteiger partial charge in [0, 0.05) is 18.3 Å². The maximum Gasteiger partial charge on any atom is 0.149 e. The van der Waals surface area contributed by atoms with Crippen molar-refractivity contribution in [3.8, 4) is 6.07 Å². The van der Waals surface area contributed by atoms with E-state index in [1.54, 1.807) is 25.1 Å². The smallest absolute Gasteiger partial charge is 0.149 e. The van der Waals surface area contributed by atoms with Crippen LogP contribution in [0.25, 0.3) is 0 Å². The summed E-state index contributed by atoms with van der Waals surface area (Å²) in [5, 5.41) is 15.6. The van der Waals surface area contributed by atoms with Crippen molar-refractivity contribution in [1.82, 2.24) is 10.2 Å². The molecular formula is C32H45F3N4. The molecule has 1 fully saturated rings. The molecule has 0 amide bonds. The number of hydrogen-bond donors (Lipinski definition) is 2. The fourth-order valence-corrected chi connectivity index (χ4v) is 4.84. The van der Waals surface area contributed by atoms with Crippen molar-refractivity contribution in [1.29, 1.82) is 5.26 Å². The van der Waals surface area contributed by atoms with Crippen LogP contribution in [0.1, 0.15) is 75.0 Å². The van der Waals surface area contributed by atoms with E-state index in [1.165, 1.54) is 31.0 Å². The molecule has 1 aliphatic rings. The lowest BCUT2D eigenvalue weighted by Crippen LogP contribution is -2.32. The number of nitriles is 1. The van der Waals surface area contributed by atoms with E-state index < -0.39 is 11.5 Å². The van der Waals surface area contributed by atoms with Gasteiger partial charge in [-0.25, -0.2) is 13.2 Å². The molecule has 1 aliphatic carbocycles. The second-order valence-electron chi connectivity index (χ2n) is 10.8. The van der Waals surface area contributed by atoms with Gasteiger partial charge in [-0.2, -0.15) is 5.26 Å². The quantitative estimate of drug-likeness (QED) is 0.286. The molecule has 2 aromatic carbocycles. The minimum Gasteiger partial charge on any atom is -0.386 e. The van der Waals surface area contributed by atoms with Crippen LogP contribution in [0.5, 0.6) is 0 Å². The summed E-state index contributed by atoms with van der Waals surface area (Å²) in [6.07, 6.45) is 7.97. The third-order valence-electron chi connectivity index (χ3n) is 7.15. The largest absolute Gasteiger partial charge is 0.386 e. The zero-order chi connectivity index (χ0) is 28.8. The second kappa shape index (κ2) is 16.2. The van der Waals surface area contributed by atoms with Gasteiger partial charge in [0.1, 0.15) is 23.4 Å². The van der Waals surface area contributed by atoms with Gasteiger partial charge in [-0.3, -0.25) is 0 Å². The third kappa shape index (κ3) is 11.0. The Morgan fingerprint density at radius 2 is 1.72 bits per heavy atom. The lowest BCUT2D eigenvalue weighted by molar-refractivity contribution is 0.176. The highest BCUT2D eigenvalue weighted by Crippen LogP contribution is 2.34. The van der Waals surface area contributed by atoms with E-state index in [9.17, 15) is 18.4 Å². The van der Waals surface area contributed by atoms with Crippen LogP contribution >= 0.6 is 0 Å². The number of halogens is 3. The van der Waals surface area contributed by atoms with Gasteiger partial charge in [0.05, 0.1) is 11.3 Å². The van der Waals surface area contributed by atoms with Crippen molar-refractivity contribution >= 4 is 5.69 Å². The Bertz CT molecular complexity index is 1070. The highest BCUT2D eigenvalue weighted by Gasteiger charge is 2.33. The van der Waals surface area contributed by atoms with Gasteiger partial charge < -0.3 is 15.5 Å². The number of alkyl halides is 1. The zero-order valence-corrected chi connectivity index (χ0v) is 24.1. The number of anilines is 1. The molecule has 0 radical (unpaired) electrons. The Morgan fingerprint density at radius 3 is 2.28 bits per heavy atom. The van der Waals surface area contributed by atoms with Gasteiger partial charge in [-0.1, -0.05) is 31.6 Å². The Balaban J connectivity index is 0.000000344. The number of rotatable bonds is 11.